The third-order valence-corrected chi connectivity index (χ3v) is 5.18. The zero-order chi connectivity index (χ0) is 14.7. The largest absolute Gasteiger partial charge is 0.371 e. The first-order valence-electron chi connectivity index (χ1n) is 8.01. The van der Waals surface area contributed by atoms with Crippen molar-refractivity contribution in [2.75, 3.05) is 31.1 Å². The van der Waals surface area contributed by atoms with Crippen LogP contribution < -0.4 is 4.90 Å². The number of halogens is 1. The minimum absolute atomic E-state index is 0.556. The van der Waals surface area contributed by atoms with Crippen LogP contribution in [0.25, 0.3) is 0 Å². The highest BCUT2D eigenvalue weighted by Gasteiger charge is 2.25. The quantitative estimate of drug-likeness (QED) is 0.797. The summed E-state index contributed by atoms with van der Waals surface area (Å²) in [7, 11) is 0. The highest BCUT2D eigenvalue weighted by molar-refractivity contribution is 6.33. The van der Waals surface area contributed by atoms with Crippen molar-refractivity contribution in [3.05, 3.63) is 28.8 Å². The number of carbonyl (C=O) groups excluding carboxylic acids is 1. The monoisotopic (exact) mass is 306 g/mol. The summed E-state index contributed by atoms with van der Waals surface area (Å²) < 4.78 is 0. The summed E-state index contributed by atoms with van der Waals surface area (Å²) in [6, 6.07) is 6.51. The van der Waals surface area contributed by atoms with E-state index < -0.39 is 0 Å². The molecule has 0 spiro atoms. The molecule has 3 rings (SSSR count). The fourth-order valence-corrected chi connectivity index (χ4v) is 3.80. The number of benzene rings is 1. The van der Waals surface area contributed by atoms with E-state index >= 15 is 0 Å². The normalized spacial score (nSPS) is 21.5. The molecule has 0 unspecified atom stereocenters. The van der Waals surface area contributed by atoms with Gasteiger partial charge in [0, 0.05) is 30.4 Å². The van der Waals surface area contributed by atoms with E-state index in [-0.39, 0.29) is 0 Å². The summed E-state index contributed by atoms with van der Waals surface area (Å²) in [4.78, 5) is 15.9. The van der Waals surface area contributed by atoms with Gasteiger partial charge in [0.1, 0.15) is 0 Å². The number of rotatable bonds is 3. The van der Waals surface area contributed by atoms with Crippen molar-refractivity contribution in [3.63, 3.8) is 0 Å². The lowest BCUT2D eigenvalue weighted by atomic mass is 9.99. The summed E-state index contributed by atoms with van der Waals surface area (Å²) in [6.45, 7) is 4.73. The molecular weight excluding hydrogens is 284 g/mol. The van der Waals surface area contributed by atoms with Gasteiger partial charge in [-0.1, -0.05) is 18.0 Å². The third-order valence-electron chi connectivity index (χ3n) is 4.85. The first kappa shape index (κ1) is 14.9. The second-order valence-electron chi connectivity index (χ2n) is 6.14. The molecule has 2 heterocycles. The summed E-state index contributed by atoms with van der Waals surface area (Å²) in [5.74, 6) is 0. The smallest absolute Gasteiger partial charge is 0.151 e. The Morgan fingerprint density at radius 3 is 2.38 bits per heavy atom. The highest BCUT2D eigenvalue weighted by Crippen LogP contribution is 2.27. The molecule has 0 N–H and O–H groups in total. The zero-order valence-electron chi connectivity index (χ0n) is 12.4. The van der Waals surface area contributed by atoms with E-state index in [0.29, 0.717) is 10.6 Å². The van der Waals surface area contributed by atoms with Crippen molar-refractivity contribution in [2.24, 2.45) is 0 Å². The van der Waals surface area contributed by atoms with Crippen molar-refractivity contribution in [2.45, 2.75) is 38.1 Å². The Bertz CT molecular complexity index is 492. The van der Waals surface area contributed by atoms with Crippen LogP contribution in [0.2, 0.25) is 5.02 Å². The Morgan fingerprint density at radius 2 is 1.76 bits per heavy atom. The molecule has 2 aliphatic heterocycles. The topological polar surface area (TPSA) is 23.6 Å². The van der Waals surface area contributed by atoms with Gasteiger partial charge in [-0.3, -0.25) is 4.79 Å². The van der Waals surface area contributed by atoms with Crippen LogP contribution >= 0.6 is 11.6 Å². The molecule has 2 aliphatic rings. The van der Waals surface area contributed by atoms with Crippen LogP contribution in [-0.4, -0.2) is 43.4 Å². The van der Waals surface area contributed by atoms with Crippen LogP contribution in [0.15, 0.2) is 18.2 Å². The van der Waals surface area contributed by atoms with E-state index in [1.54, 1.807) is 0 Å². The predicted octanol–water partition coefficient (Wildman–Crippen LogP) is 3.61. The third kappa shape index (κ3) is 3.41. The minimum atomic E-state index is 0.556. The zero-order valence-corrected chi connectivity index (χ0v) is 13.2. The van der Waals surface area contributed by atoms with Gasteiger partial charge >= 0.3 is 0 Å². The molecule has 0 amide bonds. The molecule has 0 aromatic heterocycles. The van der Waals surface area contributed by atoms with E-state index in [1.807, 2.05) is 18.2 Å². The van der Waals surface area contributed by atoms with Gasteiger partial charge in [0.15, 0.2) is 6.29 Å². The minimum Gasteiger partial charge on any atom is -0.371 e. The summed E-state index contributed by atoms with van der Waals surface area (Å²) in [6.07, 6.45) is 7.40. The lowest BCUT2D eigenvalue weighted by molar-refractivity contribution is 0.112. The second-order valence-corrected chi connectivity index (χ2v) is 6.55. The summed E-state index contributed by atoms with van der Waals surface area (Å²) in [5, 5.41) is 0.556. The molecule has 1 aromatic carbocycles. The number of carbonyl (C=O) groups is 1. The Kier molecular flexibility index (Phi) is 4.81. The van der Waals surface area contributed by atoms with Crippen molar-refractivity contribution in [1.29, 1.82) is 0 Å². The number of hydrogen-bond acceptors (Lipinski definition) is 3. The predicted molar refractivity (Wildman–Crippen MR) is 87.5 cm³/mol. The molecule has 4 heteroatoms. The van der Waals surface area contributed by atoms with Crippen LogP contribution in [0, 0.1) is 0 Å². The molecule has 0 atom stereocenters. The van der Waals surface area contributed by atoms with E-state index in [4.69, 9.17) is 11.6 Å². The molecule has 3 nitrogen and oxygen atoms in total. The first-order valence-corrected chi connectivity index (χ1v) is 8.39. The number of likely N-dealkylation sites (tertiary alicyclic amines) is 1. The van der Waals surface area contributed by atoms with E-state index in [9.17, 15) is 4.79 Å². The maximum Gasteiger partial charge on any atom is 0.151 e. The molecule has 0 bridgehead atoms. The molecule has 114 valence electrons. The van der Waals surface area contributed by atoms with Gasteiger partial charge in [0.25, 0.3) is 0 Å². The van der Waals surface area contributed by atoms with Crippen molar-refractivity contribution < 1.29 is 4.79 Å². The van der Waals surface area contributed by atoms with Gasteiger partial charge in [-0.15, -0.1) is 0 Å². The van der Waals surface area contributed by atoms with Gasteiger partial charge in [-0.2, -0.15) is 0 Å². The van der Waals surface area contributed by atoms with Gasteiger partial charge in [0.05, 0.1) is 5.02 Å². The summed E-state index contributed by atoms with van der Waals surface area (Å²) >= 11 is 6.13. The summed E-state index contributed by atoms with van der Waals surface area (Å²) in [5.41, 5.74) is 1.71. The Morgan fingerprint density at radius 1 is 1.05 bits per heavy atom. The fraction of sp³-hybridized carbons (Fsp3) is 0.588. The molecule has 1 aromatic rings. The van der Waals surface area contributed by atoms with Gasteiger partial charge in [-0.25, -0.2) is 0 Å². The maximum absolute atomic E-state index is 10.8. The molecule has 0 saturated carbocycles. The van der Waals surface area contributed by atoms with E-state index in [2.05, 4.69) is 9.80 Å². The van der Waals surface area contributed by atoms with Crippen molar-refractivity contribution in [1.82, 2.24) is 4.90 Å². The van der Waals surface area contributed by atoms with Gasteiger partial charge in [-0.05, 0) is 57.0 Å². The lowest BCUT2D eigenvalue weighted by Crippen LogP contribution is -2.46. The lowest BCUT2D eigenvalue weighted by Gasteiger charge is -2.41. The van der Waals surface area contributed by atoms with Crippen LogP contribution in [0.5, 0.6) is 0 Å². The fourth-order valence-electron chi connectivity index (χ4n) is 3.58. The molecule has 21 heavy (non-hydrogen) atoms. The van der Waals surface area contributed by atoms with E-state index in [0.717, 1.165) is 31.1 Å². The number of piperidine rings is 2. The average Bonchev–Trinajstić information content (AvgIpc) is 2.56. The number of nitrogens with zero attached hydrogens (tertiary/aromatic N) is 2. The van der Waals surface area contributed by atoms with Crippen LogP contribution in [0.1, 0.15) is 42.5 Å². The number of aldehydes is 1. The van der Waals surface area contributed by atoms with Crippen molar-refractivity contribution in [3.8, 4) is 0 Å². The van der Waals surface area contributed by atoms with E-state index in [1.165, 1.54) is 45.2 Å². The molecule has 2 saturated heterocycles. The Hall–Kier alpha value is -1.06. The highest BCUT2D eigenvalue weighted by atomic mass is 35.5. The van der Waals surface area contributed by atoms with Crippen LogP contribution in [0.3, 0.4) is 0 Å². The van der Waals surface area contributed by atoms with Gasteiger partial charge in [0.2, 0.25) is 0 Å². The Balaban J connectivity index is 1.60. The van der Waals surface area contributed by atoms with Crippen LogP contribution in [-0.2, 0) is 0 Å². The SMILES string of the molecule is O=Cc1ccc(N2CCC(N3CCCCC3)CC2)cc1Cl. The first-order chi connectivity index (χ1) is 10.3. The van der Waals surface area contributed by atoms with Crippen molar-refractivity contribution >= 4 is 23.6 Å². The van der Waals surface area contributed by atoms with Gasteiger partial charge < -0.3 is 9.80 Å². The molecular formula is C17H23ClN2O. The number of hydrogen-bond donors (Lipinski definition) is 0. The molecule has 0 aliphatic carbocycles. The molecule has 2 fully saturated rings. The molecule has 0 radical (unpaired) electrons. The number of anilines is 1. The average molecular weight is 307 g/mol. The van der Waals surface area contributed by atoms with Crippen LogP contribution in [0.4, 0.5) is 5.69 Å². The second kappa shape index (κ2) is 6.80. The maximum atomic E-state index is 10.8. The standard InChI is InChI=1S/C17H23ClN2O/c18-17-12-16(5-4-14(17)13-21)20-10-6-15(7-11-20)19-8-2-1-3-9-19/h4-5,12-13,15H,1-3,6-11H2. The Labute approximate surface area is 131 Å².